The van der Waals surface area contributed by atoms with Gasteiger partial charge in [-0.15, -0.1) is 0 Å². The van der Waals surface area contributed by atoms with Gasteiger partial charge in [0.2, 0.25) is 11.8 Å². The van der Waals surface area contributed by atoms with Crippen LogP contribution in [0.25, 0.3) is 0 Å². The highest BCUT2D eigenvalue weighted by Gasteiger charge is 2.13. The summed E-state index contributed by atoms with van der Waals surface area (Å²) in [5.74, 6) is 1.77. The van der Waals surface area contributed by atoms with E-state index in [4.69, 9.17) is 16.3 Å². The lowest BCUT2D eigenvalue weighted by Gasteiger charge is -2.15. The smallest absolute Gasteiger partial charge is 0.229 e. The molecule has 0 bridgehead atoms. The second-order valence-corrected chi connectivity index (χ2v) is 5.42. The van der Waals surface area contributed by atoms with Gasteiger partial charge in [-0.05, 0) is 44.0 Å². The Morgan fingerprint density at radius 3 is 2.15 bits per heavy atom. The zero-order valence-corrected chi connectivity index (χ0v) is 13.1. The third-order valence-electron chi connectivity index (χ3n) is 2.84. The van der Waals surface area contributed by atoms with E-state index in [9.17, 15) is 0 Å². The number of aromatic nitrogens is 2. The number of anilines is 1. The van der Waals surface area contributed by atoms with Crippen LogP contribution < -0.4 is 9.64 Å². The lowest BCUT2D eigenvalue weighted by molar-refractivity contribution is 0.457. The van der Waals surface area contributed by atoms with Gasteiger partial charge in [0.1, 0.15) is 10.9 Å². The van der Waals surface area contributed by atoms with E-state index in [1.54, 1.807) is 4.90 Å². The van der Waals surface area contributed by atoms with Crippen molar-refractivity contribution in [2.75, 3.05) is 19.0 Å². The van der Waals surface area contributed by atoms with Crippen LogP contribution in [0.5, 0.6) is 11.6 Å². The molecular weight excluding hydrogens is 274 g/mol. The van der Waals surface area contributed by atoms with Crippen LogP contribution in [-0.2, 0) is 0 Å². The van der Waals surface area contributed by atoms with Crippen LogP contribution in [0.15, 0.2) is 18.2 Å². The Hall–Kier alpha value is -1.81. The van der Waals surface area contributed by atoms with Crippen LogP contribution in [0.2, 0.25) is 5.15 Å². The second-order valence-electron chi connectivity index (χ2n) is 5.06. The second kappa shape index (κ2) is 5.67. The highest BCUT2D eigenvalue weighted by atomic mass is 35.5. The van der Waals surface area contributed by atoms with Crippen LogP contribution in [0.1, 0.15) is 16.7 Å². The van der Waals surface area contributed by atoms with E-state index in [0.29, 0.717) is 17.0 Å². The van der Waals surface area contributed by atoms with Crippen LogP contribution in [-0.4, -0.2) is 24.1 Å². The number of rotatable bonds is 3. The Balaban J connectivity index is 2.42. The van der Waals surface area contributed by atoms with Crippen molar-refractivity contribution in [2.24, 2.45) is 0 Å². The molecule has 5 heteroatoms. The van der Waals surface area contributed by atoms with Crippen molar-refractivity contribution in [2.45, 2.75) is 20.8 Å². The molecule has 0 spiro atoms. The van der Waals surface area contributed by atoms with E-state index in [2.05, 4.69) is 16.0 Å². The minimum absolute atomic E-state index is 0.406. The van der Waals surface area contributed by atoms with Gasteiger partial charge >= 0.3 is 0 Å². The summed E-state index contributed by atoms with van der Waals surface area (Å²) in [5, 5.41) is 0.406. The molecule has 0 fully saturated rings. The van der Waals surface area contributed by atoms with Crippen molar-refractivity contribution < 1.29 is 4.74 Å². The predicted molar refractivity (Wildman–Crippen MR) is 82.1 cm³/mol. The minimum atomic E-state index is 0.406. The summed E-state index contributed by atoms with van der Waals surface area (Å²) >= 11 is 6.13. The van der Waals surface area contributed by atoms with Crippen molar-refractivity contribution in [1.29, 1.82) is 0 Å². The van der Waals surface area contributed by atoms with E-state index in [-0.39, 0.29) is 0 Å². The quantitative estimate of drug-likeness (QED) is 0.804. The molecule has 20 heavy (non-hydrogen) atoms. The zero-order valence-electron chi connectivity index (χ0n) is 12.4. The van der Waals surface area contributed by atoms with Crippen LogP contribution in [0, 0.1) is 20.8 Å². The van der Waals surface area contributed by atoms with Gasteiger partial charge in [-0.1, -0.05) is 17.7 Å². The third-order valence-corrected chi connectivity index (χ3v) is 3.21. The predicted octanol–water partition coefficient (Wildman–Crippen LogP) is 3.91. The first-order chi connectivity index (χ1) is 9.36. The Bertz CT molecular complexity index is 621. The lowest BCUT2D eigenvalue weighted by Crippen LogP contribution is -2.13. The van der Waals surface area contributed by atoms with E-state index < -0.39 is 0 Å². The molecule has 4 nitrogen and oxygen atoms in total. The summed E-state index contributed by atoms with van der Waals surface area (Å²) in [7, 11) is 3.73. The number of ether oxygens (including phenoxy) is 1. The maximum atomic E-state index is 6.13. The number of hydrogen-bond donors (Lipinski definition) is 0. The number of benzene rings is 1. The SMILES string of the molecule is Cc1cc(C)cc(Oc2nc(N(C)C)nc(Cl)c2C)c1. The van der Waals surface area contributed by atoms with Gasteiger partial charge in [-0.3, -0.25) is 0 Å². The van der Waals surface area contributed by atoms with Gasteiger partial charge in [-0.25, -0.2) is 4.98 Å². The summed E-state index contributed by atoms with van der Waals surface area (Å²) in [6.07, 6.45) is 0. The first-order valence-electron chi connectivity index (χ1n) is 6.34. The van der Waals surface area contributed by atoms with Gasteiger partial charge in [0.05, 0.1) is 0 Å². The molecule has 0 saturated carbocycles. The maximum Gasteiger partial charge on any atom is 0.229 e. The van der Waals surface area contributed by atoms with Gasteiger partial charge < -0.3 is 9.64 Å². The number of aryl methyl sites for hydroxylation is 2. The molecule has 0 aliphatic rings. The van der Waals surface area contributed by atoms with Crippen molar-refractivity contribution in [3.63, 3.8) is 0 Å². The Labute approximate surface area is 124 Å². The molecule has 0 atom stereocenters. The Morgan fingerprint density at radius 2 is 1.60 bits per heavy atom. The summed E-state index contributed by atoms with van der Waals surface area (Å²) in [6, 6.07) is 6.04. The van der Waals surface area contributed by atoms with Crippen LogP contribution >= 0.6 is 11.6 Å². The normalized spacial score (nSPS) is 10.5. The first-order valence-corrected chi connectivity index (χ1v) is 6.72. The van der Waals surface area contributed by atoms with Gasteiger partial charge in [-0.2, -0.15) is 4.98 Å². The van der Waals surface area contributed by atoms with Crippen molar-refractivity contribution >= 4 is 17.5 Å². The molecule has 0 radical (unpaired) electrons. The standard InChI is InChI=1S/C15H18ClN3O/c1-9-6-10(2)8-12(7-9)20-14-11(3)13(16)17-15(18-14)19(4)5/h6-8H,1-5H3. The molecule has 0 saturated heterocycles. The van der Waals surface area contributed by atoms with E-state index in [0.717, 1.165) is 22.4 Å². The highest BCUT2D eigenvalue weighted by Crippen LogP contribution is 2.29. The van der Waals surface area contributed by atoms with Gasteiger partial charge in [0, 0.05) is 19.7 Å². The monoisotopic (exact) mass is 291 g/mol. The molecule has 1 heterocycles. The molecule has 0 amide bonds. The Kier molecular flexibility index (Phi) is 4.14. The molecule has 1 aromatic carbocycles. The van der Waals surface area contributed by atoms with Crippen molar-refractivity contribution in [1.82, 2.24) is 9.97 Å². The summed E-state index contributed by atoms with van der Waals surface area (Å²) in [6.45, 7) is 5.91. The maximum absolute atomic E-state index is 6.13. The molecule has 0 N–H and O–H groups in total. The lowest BCUT2D eigenvalue weighted by atomic mass is 10.1. The van der Waals surface area contributed by atoms with E-state index >= 15 is 0 Å². The average molecular weight is 292 g/mol. The first kappa shape index (κ1) is 14.6. The fourth-order valence-corrected chi connectivity index (χ4v) is 2.02. The average Bonchev–Trinajstić information content (AvgIpc) is 2.33. The fraction of sp³-hybridized carbons (Fsp3) is 0.333. The molecule has 106 valence electrons. The fourth-order valence-electron chi connectivity index (χ4n) is 1.86. The van der Waals surface area contributed by atoms with Gasteiger partial charge in [0.25, 0.3) is 0 Å². The molecule has 1 aromatic heterocycles. The molecule has 0 aliphatic heterocycles. The molecule has 0 aliphatic carbocycles. The summed E-state index contributed by atoms with van der Waals surface area (Å²) < 4.78 is 5.88. The van der Waals surface area contributed by atoms with E-state index in [1.165, 1.54) is 0 Å². The number of halogens is 1. The Morgan fingerprint density at radius 1 is 1.00 bits per heavy atom. The van der Waals surface area contributed by atoms with Crippen molar-refractivity contribution in [3.8, 4) is 11.6 Å². The number of hydrogen-bond acceptors (Lipinski definition) is 4. The van der Waals surface area contributed by atoms with Crippen molar-refractivity contribution in [3.05, 3.63) is 40.0 Å². The zero-order chi connectivity index (χ0) is 14.9. The topological polar surface area (TPSA) is 38.2 Å². The summed E-state index contributed by atoms with van der Waals surface area (Å²) in [5.41, 5.74) is 3.02. The van der Waals surface area contributed by atoms with Gasteiger partial charge in [0.15, 0.2) is 0 Å². The molecule has 2 rings (SSSR count). The molecule has 2 aromatic rings. The largest absolute Gasteiger partial charge is 0.438 e. The third kappa shape index (κ3) is 3.20. The van der Waals surface area contributed by atoms with Crippen LogP contribution in [0.3, 0.4) is 0 Å². The number of nitrogens with zero attached hydrogens (tertiary/aromatic N) is 3. The summed E-state index contributed by atoms with van der Waals surface area (Å²) in [4.78, 5) is 10.4. The minimum Gasteiger partial charge on any atom is -0.438 e. The highest BCUT2D eigenvalue weighted by molar-refractivity contribution is 6.30. The van der Waals surface area contributed by atoms with Crippen LogP contribution in [0.4, 0.5) is 5.95 Å². The van der Waals surface area contributed by atoms with E-state index in [1.807, 2.05) is 47.0 Å². The molecule has 0 unspecified atom stereocenters. The molecular formula is C15H18ClN3O.